The highest BCUT2D eigenvalue weighted by Gasteiger charge is 2.14. The molecule has 0 atom stereocenters. The maximum Gasteiger partial charge on any atom is 0.234 e. The van der Waals surface area contributed by atoms with Crippen molar-refractivity contribution in [2.24, 2.45) is 0 Å². The number of hydrogen-bond acceptors (Lipinski definition) is 6. The third kappa shape index (κ3) is 5.74. The average molecular weight is 480 g/mol. The Kier molecular flexibility index (Phi) is 7.32. The number of aromatic nitrogens is 2. The lowest BCUT2D eigenvalue weighted by Crippen LogP contribution is -2.14. The summed E-state index contributed by atoms with van der Waals surface area (Å²) >= 11 is 7.38. The first-order valence-electron chi connectivity index (χ1n) is 10.2. The number of anilines is 1. The predicted octanol–water partition coefficient (Wildman–Crippen LogP) is 5.62. The standard InChI is InChI=1S/C25H22ClN3O3S/c1-31-22-12-11-18(14-23(22)32-2)27-24(30)15-33-25-21(13-16-7-9-17(26)10-8-16)28-19-5-3-4-6-20(19)29-25/h3-12,14H,13,15H2,1-2H3,(H,27,30). The fourth-order valence-electron chi connectivity index (χ4n) is 3.29. The van der Waals surface area contributed by atoms with Crippen LogP contribution in [-0.2, 0) is 11.2 Å². The Morgan fingerprint density at radius 1 is 0.939 bits per heavy atom. The number of methoxy groups -OCH3 is 2. The van der Waals surface area contributed by atoms with Gasteiger partial charge in [-0.2, -0.15) is 0 Å². The second kappa shape index (κ2) is 10.6. The zero-order chi connectivity index (χ0) is 23.2. The van der Waals surface area contributed by atoms with Crippen molar-refractivity contribution >= 4 is 46.0 Å². The number of halogens is 1. The van der Waals surface area contributed by atoms with Gasteiger partial charge in [-0.05, 0) is 42.0 Å². The minimum Gasteiger partial charge on any atom is -0.493 e. The molecule has 1 N–H and O–H groups in total. The van der Waals surface area contributed by atoms with Crippen LogP contribution in [0.5, 0.6) is 11.5 Å². The molecule has 0 aliphatic carbocycles. The first-order chi connectivity index (χ1) is 16.1. The molecule has 0 aliphatic rings. The van der Waals surface area contributed by atoms with Crippen molar-refractivity contribution in [3.63, 3.8) is 0 Å². The van der Waals surface area contributed by atoms with Crippen LogP contribution in [-0.4, -0.2) is 35.8 Å². The average Bonchev–Trinajstić information content (AvgIpc) is 2.84. The van der Waals surface area contributed by atoms with E-state index in [0.717, 1.165) is 27.3 Å². The molecule has 8 heteroatoms. The van der Waals surface area contributed by atoms with Crippen LogP contribution in [0.1, 0.15) is 11.3 Å². The number of ether oxygens (including phenoxy) is 2. The lowest BCUT2D eigenvalue weighted by atomic mass is 10.1. The maximum absolute atomic E-state index is 12.6. The summed E-state index contributed by atoms with van der Waals surface area (Å²) < 4.78 is 10.5. The third-order valence-electron chi connectivity index (χ3n) is 4.90. The van der Waals surface area contributed by atoms with E-state index >= 15 is 0 Å². The van der Waals surface area contributed by atoms with Crippen LogP contribution < -0.4 is 14.8 Å². The monoisotopic (exact) mass is 479 g/mol. The topological polar surface area (TPSA) is 73.3 Å². The Morgan fingerprint density at radius 2 is 1.64 bits per heavy atom. The number of fused-ring (bicyclic) bond motifs is 1. The summed E-state index contributed by atoms with van der Waals surface area (Å²) in [6, 6.07) is 20.6. The fourth-order valence-corrected chi connectivity index (χ4v) is 4.20. The zero-order valence-corrected chi connectivity index (χ0v) is 19.7. The highest BCUT2D eigenvalue weighted by atomic mass is 35.5. The van der Waals surface area contributed by atoms with Crippen LogP contribution in [0.2, 0.25) is 5.02 Å². The lowest BCUT2D eigenvalue weighted by molar-refractivity contribution is -0.113. The number of carbonyl (C=O) groups is 1. The quantitative estimate of drug-likeness (QED) is 0.330. The first-order valence-corrected chi connectivity index (χ1v) is 11.6. The third-order valence-corrected chi connectivity index (χ3v) is 6.16. The molecule has 0 saturated carbocycles. The highest BCUT2D eigenvalue weighted by molar-refractivity contribution is 8.00. The van der Waals surface area contributed by atoms with Crippen molar-refractivity contribution in [3.8, 4) is 11.5 Å². The van der Waals surface area contributed by atoms with E-state index in [1.807, 2.05) is 48.5 Å². The van der Waals surface area contributed by atoms with Gasteiger partial charge in [0.15, 0.2) is 11.5 Å². The molecule has 0 radical (unpaired) electrons. The Labute approximate surface area is 201 Å². The molecule has 1 amide bonds. The molecule has 3 aromatic carbocycles. The van der Waals surface area contributed by atoms with Crippen LogP contribution in [0.15, 0.2) is 71.8 Å². The van der Waals surface area contributed by atoms with Gasteiger partial charge >= 0.3 is 0 Å². The predicted molar refractivity (Wildman–Crippen MR) is 133 cm³/mol. The number of para-hydroxylation sites is 2. The normalized spacial score (nSPS) is 10.8. The van der Waals surface area contributed by atoms with E-state index in [1.165, 1.54) is 11.8 Å². The van der Waals surface area contributed by atoms with E-state index in [4.69, 9.17) is 31.0 Å². The van der Waals surface area contributed by atoms with Crippen LogP contribution in [0.3, 0.4) is 0 Å². The van der Waals surface area contributed by atoms with E-state index in [2.05, 4.69) is 5.32 Å². The van der Waals surface area contributed by atoms with Crippen LogP contribution >= 0.6 is 23.4 Å². The fraction of sp³-hybridized carbons (Fsp3) is 0.160. The van der Waals surface area contributed by atoms with Gasteiger partial charge in [0.1, 0.15) is 5.03 Å². The molecule has 0 unspecified atom stereocenters. The number of benzene rings is 3. The number of carbonyl (C=O) groups excluding carboxylic acids is 1. The van der Waals surface area contributed by atoms with E-state index in [1.54, 1.807) is 32.4 Å². The number of hydrogen-bond donors (Lipinski definition) is 1. The zero-order valence-electron chi connectivity index (χ0n) is 18.2. The van der Waals surface area contributed by atoms with Crippen molar-refractivity contribution in [2.75, 3.05) is 25.3 Å². The molecule has 4 rings (SSSR count). The van der Waals surface area contributed by atoms with Crippen molar-refractivity contribution in [1.29, 1.82) is 0 Å². The number of nitrogens with zero attached hydrogens (tertiary/aromatic N) is 2. The number of thioether (sulfide) groups is 1. The van der Waals surface area contributed by atoms with E-state index in [9.17, 15) is 4.79 Å². The van der Waals surface area contributed by atoms with Crippen LogP contribution in [0.25, 0.3) is 11.0 Å². The molecule has 1 aromatic heterocycles. The van der Waals surface area contributed by atoms with Crippen molar-refractivity contribution < 1.29 is 14.3 Å². The maximum atomic E-state index is 12.6. The molecular formula is C25H22ClN3O3S. The molecule has 6 nitrogen and oxygen atoms in total. The van der Waals surface area contributed by atoms with Gasteiger partial charge in [0.05, 0.1) is 36.7 Å². The van der Waals surface area contributed by atoms with Crippen molar-refractivity contribution in [1.82, 2.24) is 9.97 Å². The Hall–Kier alpha value is -3.29. The van der Waals surface area contributed by atoms with Gasteiger partial charge in [-0.3, -0.25) is 4.79 Å². The SMILES string of the molecule is COc1ccc(NC(=O)CSc2nc3ccccc3nc2Cc2ccc(Cl)cc2)cc1OC. The summed E-state index contributed by atoms with van der Waals surface area (Å²) in [5.41, 5.74) is 4.13. The second-order valence-electron chi connectivity index (χ2n) is 7.17. The molecule has 0 aliphatic heterocycles. The minimum atomic E-state index is -0.153. The summed E-state index contributed by atoms with van der Waals surface area (Å²) in [5, 5.41) is 4.31. The van der Waals surface area contributed by atoms with Gasteiger partial charge in [0, 0.05) is 23.2 Å². The first kappa shape index (κ1) is 22.9. The van der Waals surface area contributed by atoms with Gasteiger partial charge in [-0.1, -0.05) is 47.6 Å². The van der Waals surface area contributed by atoms with E-state index < -0.39 is 0 Å². The molecule has 33 heavy (non-hydrogen) atoms. The number of amides is 1. The van der Waals surface area contributed by atoms with Gasteiger partial charge in [0.25, 0.3) is 0 Å². The molecule has 0 bridgehead atoms. The molecule has 168 valence electrons. The molecular weight excluding hydrogens is 458 g/mol. The van der Waals surface area contributed by atoms with Crippen LogP contribution in [0.4, 0.5) is 5.69 Å². The van der Waals surface area contributed by atoms with Gasteiger partial charge in [-0.25, -0.2) is 9.97 Å². The Balaban J connectivity index is 1.52. The summed E-state index contributed by atoms with van der Waals surface area (Å²) in [5.74, 6) is 1.19. The van der Waals surface area contributed by atoms with Crippen molar-refractivity contribution in [3.05, 3.63) is 83.0 Å². The Bertz CT molecular complexity index is 1280. The molecule has 4 aromatic rings. The van der Waals surface area contributed by atoms with E-state index in [-0.39, 0.29) is 11.7 Å². The second-order valence-corrected chi connectivity index (χ2v) is 8.57. The summed E-state index contributed by atoms with van der Waals surface area (Å²) in [7, 11) is 3.12. The van der Waals surface area contributed by atoms with E-state index in [0.29, 0.717) is 28.6 Å². The van der Waals surface area contributed by atoms with Gasteiger partial charge in [0.2, 0.25) is 5.91 Å². The van der Waals surface area contributed by atoms with Crippen molar-refractivity contribution in [2.45, 2.75) is 11.4 Å². The van der Waals surface area contributed by atoms with Gasteiger partial charge in [-0.15, -0.1) is 0 Å². The molecule has 1 heterocycles. The number of nitrogens with one attached hydrogen (secondary N) is 1. The lowest BCUT2D eigenvalue weighted by Gasteiger charge is -2.12. The Morgan fingerprint density at radius 3 is 2.33 bits per heavy atom. The van der Waals surface area contributed by atoms with Gasteiger partial charge < -0.3 is 14.8 Å². The molecule has 0 fully saturated rings. The van der Waals surface area contributed by atoms with Crippen LogP contribution in [0, 0.1) is 0 Å². The molecule has 0 saturated heterocycles. The number of rotatable bonds is 8. The minimum absolute atomic E-state index is 0.153. The highest BCUT2D eigenvalue weighted by Crippen LogP contribution is 2.30. The molecule has 0 spiro atoms. The summed E-state index contributed by atoms with van der Waals surface area (Å²) in [4.78, 5) is 22.2. The summed E-state index contributed by atoms with van der Waals surface area (Å²) in [6.07, 6.45) is 0.592. The largest absolute Gasteiger partial charge is 0.493 e. The smallest absolute Gasteiger partial charge is 0.234 e. The summed E-state index contributed by atoms with van der Waals surface area (Å²) in [6.45, 7) is 0.